The van der Waals surface area contributed by atoms with Crippen LogP contribution < -0.4 is 11.1 Å². The molecule has 0 radical (unpaired) electrons. The van der Waals surface area contributed by atoms with Gasteiger partial charge in [0.2, 0.25) is 0 Å². The highest BCUT2D eigenvalue weighted by Crippen LogP contribution is 2.30. The van der Waals surface area contributed by atoms with Gasteiger partial charge in [-0.05, 0) is 43.2 Å². The van der Waals surface area contributed by atoms with Crippen LogP contribution in [0.5, 0.6) is 0 Å². The molecule has 1 aliphatic rings. The van der Waals surface area contributed by atoms with E-state index < -0.39 is 0 Å². The molecule has 0 amide bonds. The molecule has 1 aliphatic carbocycles. The van der Waals surface area contributed by atoms with Crippen LogP contribution in [0.25, 0.3) is 0 Å². The van der Waals surface area contributed by atoms with E-state index >= 15 is 0 Å². The van der Waals surface area contributed by atoms with Crippen LogP contribution in [-0.4, -0.2) is 12.6 Å². The predicted molar refractivity (Wildman–Crippen MR) is 75.3 cm³/mol. The number of hydrogen-bond acceptors (Lipinski definition) is 3. The molecule has 0 saturated heterocycles. The van der Waals surface area contributed by atoms with E-state index in [2.05, 4.69) is 29.8 Å². The quantitative estimate of drug-likeness (QED) is 0.815. The molecule has 3 unspecified atom stereocenters. The topological polar surface area (TPSA) is 38.0 Å². The van der Waals surface area contributed by atoms with E-state index in [1.807, 2.05) is 11.3 Å². The fraction of sp³-hybridized carbons (Fsp3) is 0.714. The lowest BCUT2D eigenvalue weighted by atomic mass is 10.0. The highest BCUT2D eigenvalue weighted by molar-refractivity contribution is 7.10. The van der Waals surface area contributed by atoms with Gasteiger partial charge in [0.15, 0.2) is 0 Å². The van der Waals surface area contributed by atoms with Gasteiger partial charge in [-0.3, -0.25) is 0 Å². The van der Waals surface area contributed by atoms with Gasteiger partial charge in [0.1, 0.15) is 0 Å². The lowest BCUT2D eigenvalue weighted by molar-refractivity contribution is 0.353. The standard InChI is InChI=1S/C14H24N2S/c1-2-5-13(14-8-4-9-17-14)16-12-7-3-6-11(12)10-15/h4,8-9,11-13,16H,2-3,5-7,10,15H2,1H3. The van der Waals surface area contributed by atoms with Crippen molar-refractivity contribution in [3.05, 3.63) is 22.4 Å². The molecule has 17 heavy (non-hydrogen) atoms. The van der Waals surface area contributed by atoms with Crippen LogP contribution in [0.1, 0.15) is 49.9 Å². The van der Waals surface area contributed by atoms with Gasteiger partial charge in [-0.25, -0.2) is 0 Å². The average Bonchev–Trinajstić information content (AvgIpc) is 2.99. The summed E-state index contributed by atoms with van der Waals surface area (Å²) in [4.78, 5) is 1.48. The summed E-state index contributed by atoms with van der Waals surface area (Å²) in [6, 6.07) is 5.58. The molecule has 0 aliphatic heterocycles. The third-order valence-electron chi connectivity index (χ3n) is 3.84. The minimum absolute atomic E-state index is 0.539. The van der Waals surface area contributed by atoms with E-state index in [1.165, 1.54) is 37.0 Å². The number of hydrogen-bond donors (Lipinski definition) is 2. The molecule has 2 nitrogen and oxygen atoms in total. The Morgan fingerprint density at radius 3 is 3.06 bits per heavy atom. The van der Waals surface area contributed by atoms with Crippen molar-refractivity contribution >= 4 is 11.3 Å². The number of nitrogens with one attached hydrogen (secondary N) is 1. The minimum Gasteiger partial charge on any atom is -0.330 e. The number of thiophene rings is 1. The summed E-state index contributed by atoms with van der Waals surface area (Å²) in [6.45, 7) is 3.10. The fourth-order valence-electron chi connectivity index (χ4n) is 2.88. The molecular weight excluding hydrogens is 228 g/mol. The summed E-state index contributed by atoms with van der Waals surface area (Å²) in [7, 11) is 0. The normalized spacial score (nSPS) is 26.2. The van der Waals surface area contributed by atoms with Crippen molar-refractivity contribution in [2.24, 2.45) is 11.7 Å². The van der Waals surface area contributed by atoms with Gasteiger partial charge in [0.05, 0.1) is 0 Å². The Hall–Kier alpha value is -0.380. The second-order valence-corrected chi connectivity index (χ2v) is 6.04. The van der Waals surface area contributed by atoms with Gasteiger partial charge >= 0.3 is 0 Å². The number of nitrogens with two attached hydrogens (primary N) is 1. The lowest BCUT2D eigenvalue weighted by Crippen LogP contribution is -2.38. The maximum Gasteiger partial charge on any atom is 0.0416 e. The summed E-state index contributed by atoms with van der Waals surface area (Å²) in [5, 5.41) is 6.03. The van der Waals surface area contributed by atoms with E-state index in [9.17, 15) is 0 Å². The van der Waals surface area contributed by atoms with E-state index in [0.717, 1.165) is 6.54 Å². The first-order chi connectivity index (χ1) is 8.35. The molecule has 1 saturated carbocycles. The Labute approximate surface area is 109 Å². The Bertz CT molecular complexity index is 310. The molecule has 96 valence electrons. The van der Waals surface area contributed by atoms with E-state index in [1.54, 1.807) is 0 Å². The number of rotatable bonds is 6. The van der Waals surface area contributed by atoms with Crippen molar-refractivity contribution in [3.8, 4) is 0 Å². The first-order valence-corrected chi connectivity index (χ1v) is 7.72. The van der Waals surface area contributed by atoms with Gasteiger partial charge in [-0.15, -0.1) is 11.3 Å². The highest BCUT2D eigenvalue weighted by atomic mass is 32.1. The summed E-state index contributed by atoms with van der Waals surface area (Å²) in [5.74, 6) is 0.689. The molecule has 0 spiro atoms. The van der Waals surface area contributed by atoms with Gasteiger partial charge in [0.25, 0.3) is 0 Å². The van der Waals surface area contributed by atoms with Crippen molar-refractivity contribution in [3.63, 3.8) is 0 Å². The maximum absolute atomic E-state index is 5.86. The smallest absolute Gasteiger partial charge is 0.0416 e. The van der Waals surface area contributed by atoms with Crippen LogP contribution >= 0.6 is 11.3 Å². The largest absolute Gasteiger partial charge is 0.330 e. The zero-order valence-electron chi connectivity index (χ0n) is 10.7. The van der Waals surface area contributed by atoms with Gasteiger partial charge in [-0.2, -0.15) is 0 Å². The monoisotopic (exact) mass is 252 g/mol. The summed E-state index contributed by atoms with van der Waals surface area (Å²) in [6.07, 6.45) is 6.40. The molecule has 3 atom stereocenters. The van der Waals surface area contributed by atoms with Crippen LogP contribution in [0.2, 0.25) is 0 Å². The molecule has 0 aromatic carbocycles. The maximum atomic E-state index is 5.86. The van der Waals surface area contributed by atoms with E-state index in [0.29, 0.717) is 18.0 Å². The van der Waals surface area contributed by atoms with Gasteiger partial charge in [-0.1, -0.05) is 25.8 Å². The lowest BCUT2D eigenvalue weighted by Gasteiger charge is -2.26. The Kier molecular flexibility index (Phi) is 5.01. The molecular formula is C14H24N2S. The van der Waals surface area contributed by atoms with Crippen molar-refractivity contribution in [1.29, 1.82) is 0 Å². The third kappa shape index (κ3) is 3.30. The fourth-order valence-corrected chi connectivity index (χ4v) is 3.70. The predicted octanol–water partition coefficient (Wildman–Crippen LogP) is 3.31. The Morgan fingerprint density at radius 2 is 2.41 bits per heavy atom. The highest BCUT2D eigenvalue weighted by Gasteiger charge is 2.28. The van der Waals surface area contributed by atoms with Crippen LogP contribution in [0.15, 0.2) is 17.5 Å². The molecule has 1 aromatic rings. The summed E-state index contributed by atoms with van der Waals surface area (Å²) >= 11 is 1.87. The van der Waals surface area contributed by atoms with Gasteiger partial charge in [0, 0.05) is 17.0 Å². The average molecular weight is 252 g/mol. The van der Waals surface area contributed by atoms with Crippen LogP contribution in [0.3, 0.4) is 0 Å². The van der Waals surface area contributed by atoms with Gasteiger partial charge < -0.3 is 11.1 Å². The molecule has 2 rings (SSSR count). The zero-order chi connectivity index (χ0) is 12.1. The molecule has 1 fully saturated rings. The van der Waals surface area contributed by atoms with E-state index in [-0.39, 0.29) is 0 Å². The SMILES string of the molecule is CCCC(NC1CCCC1CN)c1cccs1. The minimum atomic E-state index is 0.539. The molecule has 3 heteroatoms. The van der Waals surface area contributed by atoms with Crippen LogP contribution in [0, 0.1) is 5.92 Å². The first-order valence-electron chi connectivity index (χ1n) is 6.84. The van der Waals surface area contributed by atoms with E-state index in [4.69, 9.17) is 5.73 Å². The molecule has 0 bridgehead atoms. The second-order valence-electron chi connectivity index (χ2n) is 5.06. The van der Waals surface area contributed by atoms with Crippen LogP contribution in [-0.2, 0) is 0 Å². The molecule has 1 heterocycles. The van der Waals surface area contributed by atoms with Crippen molar-refractivity contribution in [1.82, 2.24) is 5.32 Å². The molecule has 3 N–H and O–H groups in total. The summed E-state index contributed by atoms with van der Waals surface area (Å²) in [5.41, 5.74) is 5.86. The Morgan fingerprint density at radius 1 is 1.53 bits per heavy atom. The second kappa shape index (κ2) is 6.53. The molecule has 1 aromatic heterocycles. The van der Waals surface area contributed by atoms with Crippen molar-refractivity contribution in [2.45, 2.75) is 51.1 Å². The zero-order valence-corrected chi connectivity index (χ0v) is 11.5. The third-order valence-corrected chi connectivity index (χ3v) is 4.83. The Balaban J connectivity index is 1.97. The summed E-state index contributed by atoms with van der Waals surface area (Å²) < 4.78 is 0. The van der Waals surface area contributed by atoms with Crippen LogP contribution in [0.4, 0.5) is 0 Å². The van der Waals surface area contributed by atoms with Crippen molar-refractivity contribution in [2.75, 3.05) is 6.54 Å². The van der Waals surface area contributed by atoms with Crippen molar-refractivity contribution < 1.29 is 0 Å². The first kappa shape index (κ1) is 13.1.